The fourth-order valence-corrected chi connectivity index (χ4v) is 2.97. The molecule has 0 aliphatic heterocycles. The minimum Gasteiger partial charge on any atom is -0.496 e. The fourth-order valence-electron chi connectivity index (χ4n) is 2.47. The highest BCUT2D eigenvalue weighted by Gasteiger charge is 2.22. The monoisotopic (exact) mass is 491 g/mol. The van der Waals surface area contributed by atoms with E-state index < -0.39 is 0 Å². The van der Waals surface area contributed by atoms with Gasteiger partial charge in [0.05, 0.1) is 21.3 Å². The minimum absolute atomic E-state index is 0.346. The van der Waals surface area contributed by atoms with Crippen molar-refractivity contribution in [1.82, 2.24) is 10.2 Å². The van der Waals surface area contributed by atoms with Crippen LogP contribution in [0.25, 0.3) is 11.5 Å². The second kappa shape index (κ2) is 10.6. The van der Waals surface area contributed by atoms with Crippen molar-refractivity contribution in [2.24, 2.45) is 0 Å². The van der Waals surface area contributed by atoms with Crippen LogP contribution < -0.4 is 19.1 Å². The SMILES string of the molecule is COc1cc(OC)c(-c2nnc(N(CCCBr)CCCBr)o2)c(OC)c1. The van der Waals surface area contributed by atoms with Gasteiger partial charge in [0.15, 0.2) is 0 Å². The number of halogens is 2. The quantitative estimate of drug-likeness (QED) is 0.436. The Hall–Kier alpha value is -1.48. The molecular weight excluding hydrogens is 470 g/mol. The molecule has 0 amide bonds. The maximum atomic E-state index is 5.96. The van der Waals surface area contributed by atoms with Gasteiger partial charge in [0.2, 0.25) is 0 Å². The van der Waals surface area contributed by atoms with Gasteiger partial charge in [-0.2, -0.15) is 0 Å². The summed E-state index contributed by atoms with van der Waals surface area (Å²) in [4.78, 5) is 2.08. The van der Waals surface area contributed by atoms with Crippen molar-refractivity contribution < 1.29 is 18.6 Å². The van der Waals surface area contributed by atoms with Gasteiger partial charge < -0.3 is 23.5 Å². The van der Waals surface area contributed by atoms with Crippen LogP contribution in [0.2, 0.25) is 0 Å². The van der Waals surface area contributed by atoms with Crippen LogP contribution in [-0.2, 0) is 0 Å². The Labute approximate surface area is 170 Å². The molecule has 9 heteroatoms. The molecule has 2 aromatic rings. The van der Waals surface area contributed by atoms with Crippen molar-refractivity contribution in [3.8, 4) is 28.7 Å². The van der Waals surface area contributed by atoms with Crippen LogP contribution in [0, 0.1) is 0 Å². The van der Waals surface area contributed by atoms with Crippen LogP contribution in [0.4, 0.5) is 6.01 Å². The standard InChI is InChI=1S/C17H23Br2N3O4/c1-23-12-10-13(24-2)15(14(11-12)25-3)16-20-21-17(26-16)22(8-4-6-18)9-5-7-19/h10-11H,4-9H2,1-3H3. The molecule has 1 heterocycles. The summed E-state index contributed by atoms with van der Waals surface area (Å²) >= 11 is 6.93. The van der Waals surface area contributed by atoms with Gasteiger partial charge in [0.1, 0.15) is 22.8 Å². The average Bonchev–Trinajstić information content (AvgIpc) is 3.16. The van der Waals surface area contributed by atoms with E-state index in [1.54, 1.807) is 33.5 Å². The molecule has 1 aromatic carbocycles. The molecule has 7 nitrogen and oxygen atoms in total. The molecule has 26 heavy (non-hydrogen) atoms. The lowest BCUT2D eigenvalue weighted by Gasteiger charge is -2.19. The molecule has 0 atom stereocenters. The molecule has 0 aliphatic carbocycles. The van der Waals surface area contributed by atoms with E-state index in [9.17, 15) is 0 Å². The molecule has 0 unspecified atom stereocenters. The van der Waals surface area contributed by atoms with Crippen molar-refractivity contribution in [1.29, 1.82) is 0 Å². The Balaban J connectivity index is 2.38. The number of anilines is 1. The summed E-state index contributed by atoms with van der Waals surface area (Å²) in [5, 5.41) is 10.3. The second-order valence-electron chi connectivity index (χ2n) is 5.37. The van der Waals surface area contributed by atoms with Crippen molar-refractivity contribution in [3.63, 3.8) is 0 Å². The number of nitrogens with zero attached hydrogens (tertiary/aromatic N) is 3. The molecule has 0 bridgehead atoms. The zero-order valence-electron chi connectivity index (χ0n) is 15.1. The fraction of sp³-hybridized carbons (Fsp3) is 0.529. The van der Waals surface area contributed by atoms with Crippen LogP contribution in [0.3, 0.4) is 0 Å². The highest BCUT2D eigenvalue weighted by Crippen LogP contribution is 2.41. The van der Waals surface area contributed by atoms with Crippen LogP contribution in [-0.4, -0.2) is 55.3 Å². The van der Waals surface area contributed by atoms with Gasteiger partial charge in [-0.3, -0.25) is 0 Å². The van der Waals surface area contributed by atoms with Gasteiger partial charge in [-0.05, 0) is 12.8 Å². The van der Waals surface area contributed by atoms with Crippen molar-refractivity contribution in [3.05, 3.63) is 12.1 Å². The lowest BCUT2D eigenvalue weighted by atomic mass is 10.1. The van der Waals surface area contributed by atoms with E-state index in [1.807, 2.05) is 0 Å². The first-order chi connectivity index (χ1) is 12.7. The highest BCUT2D eigenvalue weighted by molar-refractivity contribution is 9.09. The summed E-state index contributed by atoms with van der Waals surface area (Å²) in [6.45, 7) is 1.66. The number of methoxy groups -OCH3 is 3. The first-order valence-corrected chi connectivity index (χ1v) is 10.4. The van der Waals surface area contributed by atoms with Gasteiger partial charge in [0.25, 0.3) is 5.89 Å². The van der Waals surface area contributed by atoms with E-state index in [1.165, 1.54) is 0 Å². The molecule has 1 aromatic heterocycles. The van der Waals surface area contributed by atoms with E-state index in [-0.39, 0.29) is 0 Å². The lowest BCUT2D eigenvalue weighted by molar-refractivity contribution is 0.375. The summed E-state index contributed by atoms with van der Waals surface area (Å²) in [6.07, 6.45) is 1.96. The number of benzene rings is 1. The Morgan fingerprint density at radius 1 is 0.923 bits per heavy atom. The normalized spacial score (nSPS) is 10.7. The minimum atomic E-state index is 0.346. The molecule has 0 fully saturated rings. The van der Waals surface area contributed by atoms with E-state index >= 15 is 0 Å². The first-order valence-electron chi connectivity index (χ1n) is 8.19. The average molecular weight is 493 g/mol. The highest BCUT2D eigenvalue weighted by atomic mass is 79.9. The topological polar surface area (TPSA) is 69.9 Å². The summed E-state index contributed by atoms with van der Waals surface area (Å²) in [6, 6.07) is 4.01. The van der Waals surface area contributed by atoms with E-state index in [4.69, 9.17) is 18.6 Å². The Kier molecular flexibility index (Phi) is 8.50. The van der Waals surface area contributed by atoms with Gasteiger partial charge in [-0.1, -0.05) is 37.0 Å². The molecular formula is C17H23Br2N3O4. The zero-order valence-corrected chi connectivity index (χ0v) is 18.3. The third-order valence-electron chi connectivity index (χ3n) is 3.74. The van der Waals surface area contributed by atoms with E-state index in [2.05, 4.69) is 47.0 Å². The predicted octanol–water partition coefficient (Wildman–Crippen LogP) is 4.14. The Morgan fingerprint density at radius 2 is 1.50 bits per heavy atom. The largest absolute Gasteiger partial charge is 0.496 e. The number of rotatable bonds is 11. The van der Waals surface area contributed by atoms with Crippen molar-refractivity contribution in [2.45, 2.75) is 12.8 Å². The zero-order chi connectivity index (χ0) is 18.9. The number of hydrogen-bond donors (Lipinski definition) is 0. The molecule has 144 valence electrons. The number of alkyl halides is 2. The van der Waals surface area contributed by atoms with Crippen molar-refractivity contribution >= 4 is 37.9 Å². The number of ether oxygens (including phenoxy) is 3. The van der Waals surface area contributed by atoms with Gasteiger partial charge in [-0.15, -0.1) is 5.10 Å². The molecule has 0 saturated carbocycles. The molecule has 0 aliphatic rings. The molecule has 0 saturated heterocycles. The third-order valence-corrected chi connectivity index (χ3v) is 4.86. The van der Waals surface area contributed by atoms with Gasteiger partial charge in [-0.25, -0.2) is 0 Å². The molecule has 0 radical (unpaired) electrons. The maximum Gasteiger partial charge on any atom is 0.318 e. The maximum absolute atomic E-state index is 5.96. The van der Waals surface area contributed by atoms with Gasteiger partial charge >= 0.3 is 6.01 Å². The summed E-state index contributed by atoms with van der Waals surface area (Å²) in [7, 11) is 4.74. The Bertz CT molecular complexity index is 663. The van der Waals surface area contributed by atoms with Crippen LogP contribution in [0.1, 0.15) is 12.8 Å². The summed E-state index contributed by atoms with van der Waals surface area (Å²) < 4.78 is 22.2. The molecule has 0 N–H and O–H groups in total. The van der Waals surface area contributed by atoms with Crippen LogP contribution in [0.5, 0.6) is 17.2 Å². The van der Waals surface area contributed by atoms with Gasteiger partial charge in [0, 0.05) is 35.9 Å². The number of hydrogen-bond acceptors (Lipinski definition) is 7. The molecule has 2 rings (SSSR count). The Morgan fingerprint density at radius 3 is 1.96 bits per heavy atom. The van der Waals surface area contributed by atoms with E-state index in [0.29, 0.717) is 34.7 Å². The predicted molar refractivity (Wildman–Crippen MR) is 108 cm³/mol. The lowest BCUT2D eigenvalue weighted by Crippen LogP contribution is -2.26. The number of aromatic nitrogens is 2. The summed E-state index contributed by atoms with van der Waals surface area (Å²) in [5.41, 5.74) is 0.607. The third kappa shape index (κ3) is 5.03. The van der Waals surface area contributed by atoms with E-state index in [0.717, 1.165) is 36.6 Å². The summed E-state index contributed by atoms with van der Waals surface area (Å²) in [5.74, 6) is 2.06. The van der Waals surface area contributed by atoms with Crippen LogP contribution >= 0.6 is 31.9 Å². The molecule has 0 spiro atoms. The van der Waals surface area contributed by atoms with Crippen LogP contribution in [0.15, 0.2) is 16.5 Å². The smallest absolute Gasteiger partial charge is 0.318 e. The second-order valence-corrected chi connectivity index (χ2v) is 6.95. The first kappa shape index (κ1) is 20.8. The van der Waals surface area contributed by atoms with Crippen molar-refractivity contribution in [2.75, 3.05) is 50.0 Å².